The van der Waals surface area contributed by atoms with Crippen molar-refractivity contribution in [3.05, 3.63) is 47.2 Å². The number of piperazine rings is 1. The van der Waals surface area contributed by atoms with Gasteiger partial charge in [0.2, 0.25) is 11.8 Å². The molecule has 6 nitrogen and oxygen atoms in total. The second-order valence-corrected chi connectivity index (χ2v) is 6.68. The minimum Gasteiger partial charge on any atom is -0.329 e. The zero-order chi connectivity index (χ0) is 18.0. The van der Waals surface area contributed by atoms with Crippen molar-refractivity contribution in [1.82, 2.24) is 14.7 Å². The van der Waals surface area contributed by atoms with Crippen molar-refractivity contribution in [2.24, 2.45) is 0 Å². The highest BCUT2D eigenvalue weighted by Gasteiger charge is 2.33. The molecule has 1 aliphatic heterocycles. The van der Waals surface area contributed by atoms with E-state index in [0.29, 0.717) is 30.2 Å². The topological polar surface area (TPSA) is 58.4 Å². The molecule has 25 heavy (non-hydrogen) atoms. The summed E-state index contributed by atoms with van der Waals surface area (Å²) in [6, 6.07) is 9.10. The van der Waals surface area contributed by atoms with Crippen LogP contribution in [0.15, 0.2) is 36.5 Å². The van der Waals surface area contributed by atoms with E-state index in [9.17, 15) is 9.59 Å². The number of carbonyl (C=O) groups excluding carboxylic acids is 2. The van der Waals surface area contributed by atoms with Crippen molar-refractivity contribution in [3.63, 3.8) is 0 Å². The largest absolute Gasteiger partial charge is 0.329 e. The van der Waals surface area contributed by atoms with Crippen LogP contribution in [0.2, 0.25) is 5.02 Å². The van der Waals surface area contributed by atoms with Crippen molar-refractivity contribution >= 4 is 29.1 Å². The van der Waals surface area contributed by atoms with Crippen molar-refractivity contribution in [3.8, 4) is 0 Å². The van der Waals surface area contributed by atoms with E-state index in [-0.39, 0.29) is 24.4 Å². The first-order valence-corrected chi connectivity index (χ1v) is 8.68. The summed E-state index contributed by atoms with van der Waals surface area (Å²) in [5.41, 5.74) is 1.71. The molecule has 1 aromatic heterocycles. The average molecular weight is 361 g/mol. The van der Waals surface area contributed by atoms with Gasteiger partial charge < -0.3 is 9.80 Å². The normalized spacial score (nSPS) is 17.9. The van der Waals surface area contributed by atoms with Crippen LogP contribution in [-0.2, 0) is 16.1 Å². The Hall–Kier alpha value is -2.34. The average Bonchev–Trinajstić information content (AvgIpc) is 3.00. The number of aryl methyl sites for hydroxylation is 2. The van der Waals surface area contributed by atoms with E-state index in [1.54, 1.807) is 26.7 Å². The number of hydrogen-bond acceptors (Lipinski definition) is 3. The minimum absolute atomic E-state index is 0.0328. The molecule has 3 rings (SSSR count). The van der Waals surface area contributed by atoms with Gasteiger partial charge in [-0.15, -0.1) is 0 Å². The summed E-state index contributed by atoms with van der Waals surface area (Å²) in [6.07, 6.45) is 2.04. The van der Waals surface area contributed by atoms with Crippen LogP contribution in [0.4, 0.5) is 5.69 Å². The first kappa shape index (κ1) is 17.5. The molecule has 1 aliphatic rings. The number of rotatable bonds is 4. The van der Waals surface area contributed by atoms with Crippen LogP contribution in [0.5, 0.6) is 0 Å². The zero-order valence-electron chi connectivity index (χ0n) is 14.4. The molecule has 0 bridgehead atoms. The lowest BCUT2D eigenvalue weighted by Gasteiger charge is -2.39. The van der Waals surface area contributed by atoms with Gasteiger partial charge in [-0.3, -0.25) is 14.3 Å². The van der Waals surface area contributed by atoms with Crippen LogP contribution in [0.3, 0.4) is 0 Å². The van der Waals surface area contributed by atoms with Gasteiger partial charge >= 0.3 is 0 Å². The van der Waals surface area contributed by atoms with Gasteiger partial charge in [-0.05, 0) is 32.0 Å². The molecular formula is C18H21ClN4O2. The van der Waals surface area contributed by atoms with Crippen LogP contribution >= 0.6 is 11.6 Å². The first-order valence-electron chi connectivity index (χ1n) is 8.30. The lowest BCUT2D eigenvalue weighted by molar-refractivity contribution is -0.139. The molecule has 2 heterocycles. The number of hydrogen-bond donors (Lipinski definition) is 0. The molecule has 1 fully saturated rings. The summed E-state index contributed by atoms with van der Waals surface area (Å²) < 4.78 is 1.80. The third-order valence-electron chi connectivity index (χ3n) is 4.52. The Morgan fingerprint density at radius 3 is 2.76 bits per heavy atom. The number of nitrogens with zero attached hydrogens (tertiary/aromatic N) is 4. The zero-order valence-corrected chi connectivity index (χ0v) is 15.1. The summed E-state index contributed by atoms with van der Waals surface area (Å²) >= 11 is 6.21. The van der Waals surface area contributed by atoms with Gasteiger partial charge in [0, 0.05) is 37.4 Å². The van der Waals surface area contributed by atoms with Crippen molar-refractivity contribution in [2.75, 3.05) is 18.0 Å². The maximum absolute atomic E-state index is 12.6. The third-order valence-corrected chi connectivity index (χ3v) is 4.84. The number of carbonyl (C=O) groups is 2. The lowest BCUT2D eigenvalue weighted by atomic mass is 10.1. The Morgan fingerprint density at radius 1 is 1.32 bits per heavy atom. The van der Waals surface area contributed by atoms with Gasteiger partial charge in [-0.2, -0.15) is 5.10 Å². The molecular weight excluding hydrogens is 340 g/mol. The molecule has 1 atom stereocenters. The monoisotopic (exact) mass is 360 g/mol. The Kier molecular flexibility index (Phi) is 5.08. The maximum atomic E-state index is 12.6. The molecule has 132 valence electrons. The SMILES string of the molecule is Cc1ccnn1CCC(=O)N1CC(=O)N(c2ccccc2Cl)C[C@@H]1C. The number of para-hydroxylation sites is 1. The van der Waals surface area contributed by atoms with E-state index >= 15 is 0 Å². The van der Waals surface area contributed by atoms with E-state index in [2.05, 4.69) is 5.10 Å². The van der Waals surface area contributed by atoms with Crippen LogP contribution < -0.4 is 4.90 Å². The maximum Gasteiger partial charge on any atom is 0.246 e. The lowest BCUT2D eigenvalue weighted by Crippen LogP contribution is -2.57. The highest BCUT2D eigenvalue weighted by atomic mass is 35.5. The van der Waals surface area contributed by atoms with Crippen LogP contribution in [0, 0.1) is 6.92 Å². The Morgan fingerprint density at radius 2 is 2.08 bits per heavy atom. The predicted octanol–water partition coefficient (Wildman–Crippen LogP) is 2.50. The molecule has 0 saturated carbocycles. The van der Waals surface area contributed by atoms with Gasteiger partial charge in [0.1, 0.15) is 6.54 Å². The second-order valence-electron chi connectivity index (χ2n) is 6.27. The summed E-state index contributed by atoms with van der Waals surface area (Å²) in [5.74, 6) is -0.149. The summed E-state index contributed by atoms with van der Waals surface area (Å²) in [4.78, 5) is 28.4. The Labute approximate surface area is 152 Å². The number of aromatic nitrogens is 2. The second kappa shape index (κ2) is 7.27. The summed E-state index contributed by atoms with van der Waals surface area (Å²) in [6.45, 7) is 4.93. The summed E-state index contributed by atoms with van der Waals surface area (Å²) in [7, 11) is 0. The van der Waals surface area contributed by atoms with Crippen LogP contribution in [0.1, 0.15) is 19.0 Å². The fraction of sp³-hybridized carbons (Fsp3) is 0.389. The van der Waals surface area contributed by atoms with E-state index in [0.717, 1.165) is 5.69 Å². The quantitative estimate of drug-likeness (QED) is 0.841. The summed E-state index contributed by atoms with van der Waals surface area (Å²) in [5, 5.41) is 4.72. The number of halogens is 1. The number of amides is 2. The molecule has 2 amide bonds. The molecule has 1 aromatic carbocycles. The molecule has 2 aromatic rings. The number of benzene rings is 1. The number of anilines is 1. The van der Waals surface area contributed by atoms with E-state index < -0.39 is 0 Å². The molecule has 0 spiro atoms. The molecule has 7 heteroatoms. The Balaban J connectivity index is 1.66. The molecule has 0 aliphatic carbocycles. The molecule has 0 unspecified atom stereocenters. The van der Waals surface area contributed by atoms with E-state index in [1.165, 1.54) is 0 Å². The highest BCUT2D eigenvalue weighted by molar-refractivity contribution is 6.33. The van der Waals surface area contributed by atoms with Crippen LogP contribution in [0.25, 0.3) is 0 Å². The van der Waals surface area contributed by atoms with Gasteiger partial charge in [-0.25, -0.2) is 0 Å². The predicted molar refractivity (Wildman–Crippen MR) is 96.6 cm³/mol. The molecule has 0 radical (unpaired) electrons. The van der Waals surface area contributed by atoms with Crippen molar-refractivity contribution in [2.45, 2.75) is 32.9 Å². The fourth-order valence-corrected chi connectivity index (χ4v) is 3.30. The minimum atomic E-state index is -0.116. The third kappa shape index (κ3) is 3.69. The van der Waals surface area contributed by atoms with E-state index in [4.69, 9.17) is 11.6 Å². The fourth-order valence-electron chi connectivity index (χ4n) is 3.07. The van der Waals surface area contributed by atoms with Gasteiger partial charge in [0.25, 0.3) is 0 Å². The Bertz CT molecular complexity index is 789. The van der Waals surface area contributed by atoms with Crippen LogP contribution in [-0.4, -0.2) is 45.6 Å². The van der Waals surface area contributed by atoms with Crippen molar-refractivity contribution in [1.29, 1.82) is 0 Å². The van der Waals surface area contributed by atoms with Gasteiger partial charge in [-0.1, -0.05) is 23.7 Å². The first-order chi connectivity index (χ1) is 12.0. The standard InChI is InChI=1S/C18H21ClN4O2/c1-13-7-9-20-23(13)10-8-17(24)21-12-18(25)22(11-14(21)2)16-6-4-3-5-15(16)19/h3-7,9,14H,8,10-12H2,1-2H3/t14-/m0/s1. The molecule has 0 N–H and O–H groups in total. The molecule has 1 saturated heterocycles. The van der Waals surface area contributed by atoms with E-state index in [1.807, 2.05) is 38.1 Å². The highest BCUT2D eigenvalue weighted by Crippen LogP contribution is 2.28. The smallest absolute Gasteiger partial charge is 0.246 e. The van der Waals surface area contributed by atoms with Crippen molar-refractivity contribution < 1.29 is 9.59 Å². The van der Waals surface area contributed by atoms with Gasteiger partial charge in [0.15, 0.2) is 0 Å². The van der Waals surface area contributed by atoms with Gasteiger partial charge in [0.05, 0.1) is 10.7 Å².